The molecule has 1 saturated heterocycles. The number of nitro groups is 1. The average Bonchev–Trinajstić information content (AvgIpc) is 2.68. The first-order valence-electron chi connectivity index (χ1n) is 8.21. The first-order valence-corrected chi connectivity index (χ1v) is 8.21. The zero-order valence-electron chi connectivity index (χ0n) is 14.0. The van der Waals surface area contributed by atoms with E-state index in [2.05, 4.69) is 20.8 Å². The summed E-state index contributed by atoms with van der Waals surface area (Å²) >= 11 is 0. The van der Waals surface area contributed by atoms with Gasteiger partial charge >= 0.3 is 0 Å². The second-order valence-corrected chi connectivity index (χ2v) is 8.30. The van der Waals surface area contributed by atoms with E-state index in [0.717, 1.165) is 25.8 Å². The topological polar surface area (TPSA) is 63.5 Å². The van der Waals surface area contributed by atoms with Crippen molar-refractivity contribution in [2.75, 3.05) is 6.54 Å². The molecule has 0 spiro atoms. The van der Waals surface area contributed by atoms with E-state index < -0.39 is 4.92 Å². The number of fused-ring (bicyclic) bond motifs is 2. The molecule has 0 radical (unpaired) electrons. The van der Waals surface area contributed by atoms with Crippen molar-refractivity contribution in [1.29, 1.82) is 0 Å². The zero-order chi connectivity index (χ0) is 16.8. The SMILES string of the molecule is CC1(C)CC2CC(C)(CN2C(=O)Cc2ccccc2[N+](=O)[O-])C1. The molecular weight excluding hydrogens is 292 g/mol. The molecule has 2 atom stereocenters. The van der Waals surface area contributed by atoms with Gasteiger partial charge in [-0.05, 0) is 30.1 Å². The van der Waals surface area contributed by atoms with E-state index in [1.54, 1.807) is 18.2 Å². The zero-order valence-corrected chi connectivity index (χ0v) is 14.0. The van der Waals surface area contributed by atoms with Gasteiger partial charge in [-0.15, -0.1) is 0 Å². The Labute approximate surface area is 136 Å². The number of para-hydroxylation sites is 1. The van der Waals surface area contributed by atoms with Crippen molar-refractivity contribution in [1.82, 2.24) is 4.90 Å². The van der Waals surface area contributed by atoms with Gasteiger partial charge < -0.3 is 4.90 Å². The van der Waals surface area contributed by atoms with Crippen LogP contribution in [0, 0.1) is 20.9 Å². The van der Waals surface area contributed by atoms with E-state index in [4.69, 9.17) is 0 Å². The molecule has 23 heavy (non-hydrogen) atoms. The van der Waals surface area contributed by atoms with Gasteiger partial charge in [-0.1, -0.05) is 39.0 Å². The van der Waals surface area contributed by atoms with E-state index in [-0.39, 0.29) is 34.9 Å². The lowest BCUT2D eigenvalue weighted by Crippen LogP contribution is -2.38. The molecule has 5 heteroatoms. The Morgan fingerprint density at radius 3 is 2.70 bits per heavy atom. The minimum Gasteiger partial charge on any atom is -0.339 e. The minimum absolute atomic E-state index is 0.0192. The molecule has 1 aromatic rings. The van der Waals surface area contributed by atoms with Crippen molar-refractivity contribution >= 4 is 11.6 Å². The number of likely N-dealkylation sites (tertiary alicyclic amines) is 1. The van der Waals surface area contributed by atoms with Crippen molar-refractivity contribution in [3.63, 3.8) is 0 Å². The van der Waals surface area contributed by atoms with Gasteiger partial charge in [0, 0.05) is 24.2 Å². The lowest BCUT2D eigenvalue weighted by Gasteiger charge is -2.39. The Kier molecular flexibility index (Phi) is 3.69. The van der Waals surface area contributed by atoms with E-state index in [1.807, 2.05) is 4.90 Å². The predicted molar refractivity (Wildman–Crippen MR) is 88.0 cm³/mol. The van der Waals surface area contributed by atoms with Gasteiger partial charge in [0.25, 0.3) is 5.69 Å². The van der Waals surface area contributed by atoms with Crippen molar-refractivity contribution in [3.8, 4) is 0 Å². The van der Waals surface area contributed by atoms with Gasteiger partial charge in [-0.3, -0.25) is 14.9 Å². The first-order chi connectivity index (χ1) is 10.7. The van der Waals surface area contributed by atoms with Crippen molar-refractivity contribution < 1.29 is 9.72 Å². The van der Waals surface area contributed by atoms with E-state index in [1.165, 1.54) is 6.07 Å². The average molecular weight is 316 g/mol. The summed E-state index contributed by atoms with van der Waals surface area (Å²) in [5.74, 6) is 0.0192. The summed E-state index contributed by atoms with van der Waals surface area (Å²) in [7, 11) is 0. The van der Waals surface area contributed by atoms with Crippen LogP contribution in [0.25, 0.3) is 0 Å². The highest BCUT2D eigenvalue weighted by molar-refractivity contribution is 5.80. The summed E-state index contributed by atoms with van der Waals surface area (Å²) < 4.78 is 0. The Hall–Kier alpha value is -1.91. The van der Waals surface area contributed by atoms with Gasteiger partial charge in [-0.2, -0.15) is 0 Å². The molecule has 1 amide bonds. The Balaban J connectivity index is 1.79. The highest BCUT2D eigenvalue weighted by Crippen LogP contribution is 2.52. The third kappa shape index (κ3) is 3.09. The lowest BCUT2D eigenvalue weighted by molar-refractivity contribution is -0.385. The van der Waals surface area contributed by atoms with Gasteiger partial charge in [0.05, 0.1) is 11.3 Å². The molecule has 2 fully saturated rings. The van der Waals surface area contributed by atoms with E-state index in [9.17, 15) is 14.9 Å². The summed E-state index contributed by atoms with van der Waals surface area (Å²) in [6.45, 7) is 7.58. The van der Waals surface area contributed by atoms with E-state index >= 15 is 0 Å². The molecule has 2 unspecified atom stereocenters. The molecule has 1 aliphatic carbocycles. The van der Waals surface area contributed by atoms with Gasteiger partial charge in [-0.25, -0.2) is 0 Å². The van der Waals surface area contributed by atoms with Crippen LogP contribution in [0.1, 0.15) is 45.6 Å². The number of nitrogens with zero attached hydrogens (tertiary/aromatic N) is 2. The molecule has 1 saturated carbocycles. The Morgan fingerprint density at radius 1 is 1.30 bits per heavy atom. The standard InChI is InChI=1S/C18H24N2O3/c1-17(2)9-14-10-18(3,11-17)12-19(14)16(21)8-13-6-4-5-7-15(13)20(22)23/h4-7,14H,8-12H2,1-3H3. The fourth-order valence-corrected chi connectivity index (χ4v) is 4.85. The second kappa shape index (κ2) is 5.32. The number of nitro benzene ring substituents is 1. The maximum Gasteiger partial charge on any atom is 0.273 e. The molecule has 2 bridgehead atoms. The maximum absolute atomic E-state index is 12.8. The normalized spacial score (nSPS) is 28.7. The molecule has 0 aromatic heterocycles. The Morgan fingerprint density at radius 2 is 2.00 bits per heavy atom. The highest BCUT2D eigenvalue weighted by atomic mass is 16.6. The van der Waals surface area contributed by atoms with Crippen LogP contribution in [0.2, 0.25) is 0 Å². The largest absolute Gasteiger partial charge is 0.339 e. The number of benzene rings is 1. The molecular formula is C18H24N2O3. The lowest BCUT2D eigenvalue weighted by atomic mass is 9.65. The van der Waals surface area contributed by atoms with Crippen LogP contribution >= 0.6 is 0 Å². The smallest absolute Gasteiger partial charge is 0.273 e. The molecule has 0 N–H and O–H groups in total. The fourth-order valence-electron chi connectivity index (χ4n) is 4.85. The molecule has 5 nitrogen and oxygen atoms in total. The number of carbonyl (C=O) groups is 1. The molecule has 2 aliphatic rings. The number of amides is 1. The van der Waals surface area contributed by atoms with Crippen molar-refractivity contribution in [3.05, 3.63) is 39.9 Å². The summed E-state index contributed by atoms with van der Waals surface area (Å²) in [5.41, 5.74) is 0.985. The fraction of sp³-hybridized carbons (Fsp3) is 0.611. The summed E-state index contributed by atoms with van der Waals surface area (Å²) in [5, 5.41) is 11.1. The van der Waals surface area contributed by atoms with Crippen LogP contribution in [0.5, 0.6) is 0 Å². The molecule has 1 aliphatic heterocycles. The number of carbonyl (C=O) groups excluding carboxylic acids is 1. The van der Waals surface area contributed by atoms with Crippen LogP contribution in [0.15, 0.2) is 24.3 Å². The predicted octanol–water partition coefficient (Wildman–Crippen LogP) is 3.56. The monoisotopic (exact) mass is 316 g/mol. The summed E-state index contributed by atoms with van der Waals surface area (Å²) in [6.07, 6.45) is 3.32. The number of rotatable bonds is 3. The van der Waals surface area contributed by atoms with Crippen LogP contribution < -0.4 is 0 Å². The molecule has 3 rings (SSSR count). The number of hydrogen-bond donors (Lipinski definition) is 0. The van der Waals surface area contributed by atoms with Crippen LogP contribution in [-0.2, 0) is 11.2 Å². The summed E-state index contributed by atoms with van der Waals surface area (Å²) in [6, 6.07) is 6.82. The van der Waals surface area contributed by atoms with E-state index in [0.29, 0.717) is 5.56 Å². The van der Waals surface area contributed by atoms with Crippen molar-refractivity contribution in [2.24, 2.45) is 10.8 Å². The van der Waals surface area contributed by atoms with Gasteiger partial charge in [0.2, 0.25) is 5.91 Å². The van der Waals surface area contributed by atoms with Crippen LogP contribution in [-0.4, -0.2) is 28.3 Å². The summed E-state index contributed by atoms with van der Waals surface area (Å²) in [4.78, 5) is 25.5. The molecule has 1 heterocycles. The third-order valence-corrected chi connectivity index (χ3v) is 5.27. The highest BCUT2D eigenvalue weighted by Gasteiger charge is 2.50. The van der Waals surface area contributed by atoms with Crippen LogP contribution in [0.3, 0.4) is 0 Å². The minimum atomic E-state index is -0.407. The van der Waals surface area contributed by atoms with Crippen molar-refractivity contribution in [2.45, 2.75) is 52.5 Å². The van der Waals surface area contributed by atoms with Gasteiger partial charge in [0.15, 0.2) is 0 Å². The molecule has 124 valence electrons. The Bertz CT molecular complexity index is 655. The maximum atomic E-state index is 12.8. The first kappa shape index (κ1) is 16.0. The quantitative estimate of drug-likeness (QED) is 0.632. The van der Waals surface area contributed by atoms with Gasteiger partial charge in [0.1, 0.15) is 0 Å². The second-order valence-electron chi connectivity index (χ2n) is 8.30. The molecule has 1 aromatic carbocycles. The van der Waals surface area contributed by atoms with Crippen LogP contribution in [0.4, 0.5) is 5.69 Å². The third-order valence-electron chi connectivity index (χ3n) is 5.27. The number of hydrogen-bond acceptors (Lipinski definition) is 3.